The minimum atomic E-state index is -0.484. The van der Waals surface area contributed by atoms with Crippen LogP contribution in [0.15, 0.2) is 18.6 Å². The van der Waals surface area contributed by atoms with Gasteiger partial charge in [0, 0.05) is 18.1 Å². The van der Waals surface area contributed by atoms with Crippen LogP contribution in [0.2, 0.25) is 0 Å². The number of hydrogen-bond acceptors (Lipinski definition) is 4. The van der Waals surface area contributed by atoms with Gasteiger partial charge >= 0.3 is 6.09 Å². The van der Waals surface area contributed by atoms with E-state index in [-0.39, 0.29) is 12.1 Å². The molecule has 0 radical (unpaired) electrons. The molecule has 6 nitrogen and oxygen atoms in total. The molecule has 0 aliphatic carbocycles. The van der Waals surface area contributed by atoms with Crippen molar-refractivity contribution in [1.29, 1.82) is 0 Å². The highest BCUT2D eigenvalue weighted by Crippen LogP contribution is 2.30. The van der Waals surface area contributed by atoms with Crippen molar-refractivity contribution < 1.29 is 9.53 Å². The predicted octanol–water partition coefficient (Wildman–Crippen LogP) is 3.68. The first-order valence-corrected chi connectivity index (χ1v) is 8.25. The van der Waals surface area contributed by atoms with Gasteiger partial charge in [0.25, 0.3) is 0 Å². The molecular weight excluding hydrogens is 304 g/mol. The molecule has 0 aromatic carbocycles. The lowest BCUT2D eigenvalue weighted by Crippen LogP contribution is -2.43. The maximum absolute atomic E-state index is 12.3. The van der Waals surface area contributed by atoms with E-state index in [0.717, 1.165) is 34.3 Å². The summed E-state index contributed by atoms with van der Waals surface area (Å²) >= 11 is 0. The number of amides is 1. The van der Waals surface area contributed by atoms with E-state index in [4.69, 9.17) is 4.74 Å². The highest BCUT2D eigenvalue weighted by molar-refractivity contribution is 5.91. The van der Waals surface area contributed by atoms with Gasteiger partial charge in [0.1, 0.15) is 17.6 Å². The second-order valence-corrected chi connectivity index (χ2v) is 7.27. The molecule has 24 heavy (non-hydrogen) atoms. The molecule has 1 aliphatic heterocycles. The minimum absolute atomic E-state index is 0.0344. The van der Waals surface area contributed by atoms with Crippen molar-refractivity contribution in [3.63, 3.8) is 0 Å². The van der Waals surface area contributed by atoms with Crippen LogP contribution in [0.5, 0.6) is 0 Å². The van der Waals surface area contributed by atoms with Gasteiger partial charge in [-0.2, -0.15) is 0 Å². The van der Waals surface area contributed by atoms with E-state index in [2.05, 4.69) is 21.0 Å². The molecule has 1 unspecified atom stereocenters. The van der Waals surface area contributed by atoms with Gasteiger partial charge in [-0.15, -0.1) is 0 Å². The number of aromatic nitrogens is 3. The zero-order chi connectivity index (χ0) is 17.5. The Balaban J connectivity index is 1.88. The molecule has 0 saturated heterocycles. The van der Waals surface area contributed by atoms with Crippen LogP contribution in [0.3, 0.4) is 0 Å². The van der Waals surface area contributed by atoms with E-state index in [1.807, 2.05) is 40.8 Å². The summed E-state index contributed by atoms with van der Waals surface area (Å²) in [5.74, 6) is 0. The largest absolute Gasteiger partial charge is 0.444 e. The topological polar surface area (TPSA) is 71.1 Å². The lowest BCUT2D eigenvalue weighted by molar-refractivity contribution is 0.0209. The Bertz CT molecular complexity index is 801. The summed E-state index contributed by atoms with van der Waals surface area (Å²) in [7, 11) is 0. The normalized spacial score (nSPS) is 18.6. The first-order valence-electron chi connectivity index (χ1n) is 8.25. The van der Waals surface area contributed by atoms with Gasteiger partial charge in [0.05, 0.1) is 11.7 Å². The molecule has 0 saturated carbocycles. The van der Waals surface area contributed by atoms with E-state index in [1.54, 1.807) is 11.2 Å². The zero-order valence-electron chi connectivity index (χ0n) is 14.9. The number of aryl methyl sites for hydroxylation is 1. The summed E-state index contributed by atoms with van der Waals surface area (Å²) in [5, 5.41) is 1.06. The number of nitrogens with zero attached hydrogens (tertiary/aromatic N) is 3. The van der Waals surface area contributed by atoms with E-state index in [1.165, 1.54) is 0 Å². The lowest BCUT2D eigenvalue weighted by Gasteiger charge is -2.34. The van der Waals surface area contributed by atoms with E-state index in [9.17, 15) is 4.79 Å². The van der Waals surface area contributed by atoms with Crippen LogP contribution in [-0.4, -0.2) is 44.1 Å². The van der Waals surface area contributed by atoms with Gasteiger partial charge in [0.15, 0.2) is 0 Å². The molecule has 6 heteroatoms. The minimum Gasteiger partial charge on any atom is -0.444 e. The Morgan fingerprint density at radius 3 is 2.79 bits per heavy atom. The Labute approximate surface area is 141 Å². The molecule has 1 amide bonds. The average Bonchev–Trinajstić information content (AvgIpc) is 2.87. The Hall–Kier alpha value is -2.37. The van der Waals surface area contributed by atoms with Crippen molar-refractivity contribution >= 4 is 22.7 Å². The van der Waals surface area contributed by atoms with Crippen molar-refractivity contribution in [2.75, 3.05) is 6.54 Å². The van der Waals surface area contributed by atoms with Crippen LogP contribution >= 0.6 is 0 Å². The third kappa shape index (κ3) is 3.13. The fourth-order valence-electron chi connectivity index (χ4n) is 3.05. The van der Waals surface area contributed by atoms with Crippen LogP contribution in [0.4, 0.5) is 4.79 Å². The number of rotatable bonds is 1. The van der Waals surface area contributed by atoms with Crippen LogP contribution in [-0.2, 0) is 4.74 Å². The summed E-state index contributed by atoms with van der Waals surface area (Å²) in [4.78, 5) is 26.0. The molecule has 1 N–H and O–H groups in total. The molecule has 1 aliphatic rings. The Morgan fingerprint density at radius 1 is 1.38 bits per heavy atom. The average molecular weight is 328 g/mol. The third-order valence-electron chi connectivity index (χ3n) is 4.16. The summed E-state index contributed by atoms with van der Waals surface area (Å²) < 4.78 is 5.49. The summed E-state index contributed by atoms with van der Waals surface area (Å²) in [6.45, 7) is 10.3. The molecule has 3 heterocycles. The number of fused-ring (bicyclic) bond motifs is 1. The fourth-order valence-corrected chi connectivity index (χ4v) is 3.05. The predicted molar refractivity (Wildman–Crippen MR) is 93.6 cm³/mol. The Morgan fingerprint density at radius 2 is 2.12 bits per heavy atom. The van der Waals surface area contributed by atoms with Crippen molar-refractivity contribution in [3.05, 3.63) is 29.9 Å². The molecule has 0 bridgehead atoms. The number of nitrogens with one attached hydrogen (secondary N) is 1. The smallest absolute Gasteiger partial charge is 0.410 e. The van der Waals surface area contributed by atoms with Gasteiger partial charge in [0.2, 0.25) is 0 Å². The number of aromatic amines is 1. The van der Waals surface area contributed by atoms with Crippen molar-refractivity contribution in [1.82, 2.24) is 19.9 Å². The van der Waals surface area contributed by atoms with Gasteiger partial charge in [-0.3, -0.25) is 0 Å². The van der Waals surface area contributed by atoms with Crippen LogP contribution < -0.4 is 0 Å². The molecule has 2 aromatic heterocycles. The molecule has 3 rings (SSSR count). The third-order valence-corrected chi connectivity index (χ3v) is 4.16. The number of carbonyl (C=O) groups is 1. The molecule has 0 spiro atoms. The first kappa shape index (κ1) is 16.5. The second kappa shape index (κ2) is 5.92. The Kier molecular flexibility index (Phi) is 4.07. The number of carbonyl (C=O) groups excluding carboxylic acids is 1. The quantitative estimate of drug-likeness (QED) is 0.867. The van der Waals surface area contributed by atoms with Gasteiger partial charge in [-0.05, 0) is 52.2 Å². The standard InChI is InChI=1S/C18H24N4O2/c1-11-9-19-16-14(11)15(20-10-21-16)13-6-7-22(12(2)8-13)17(23)24-18(3,4)5/h8-10,12H,6-7H2,1-5H3,(H,19,20,21). The zero-order valence-corrected chi connectivity index (χ0v) is 14.9. The highest BCUT2D eigenvalue weighted by atomic mass is 16.6. The first-order chi connectivity index (χ1) is 11.3. The fraction of sp³-hybridized carbons (Fsp3) is 0.500. The maximum Gasteiger partial charge on any atom is 0.410 e. The van der Waals surface area contributed by atoms with Crippen molar-refractivity contribution in [3.8, 4) is 0 Å². The lowest BCUT2D eigenvalue weighted by atomic mass is 9.98. The summed E-state index contributed by atoms with van der Waals surface area (Å²) in [6, 6.07) is -0.0344. The molecule has 2 aromatic rings. The maximum atomic E-state index is 12.3. The van der Waals surface area contributed by atoms with Crippen LogP contribution in [0, 0.1) is 6.92 Å². The summed E-state index contributed by atoms with van der Waals surface area (Å²) in [5.41, 5.74) is 3.60. The van der Waals surface area contributed by atoms with Crippen molar-refractivity contribution in [2.45, 2.75) is 52.7 Å². The van der Waals surface area contributed by atoms with Gasteiger partial charge in [-0.1, -0.05) is 6.08 Å². The number of ether oxygens (including phenoxy) is 1. The SMILES string of the molecule is Cc1c[nH]c2ncnc(C3=CC(C)N(C(=O)OC(C)(C)C)CC3)c12. The molecule has 0 fully saturated rings. The van der Waals surface area contributed by atoms with Gasteiger partial charge < -0.3 is 14.6 Å². The van der Waals surface area contributed by atoms with E-state index >= 15 is 0 Å². The highest BCUT2D eigenvalue weighted by Gasteiger charge is 2.29. The van der Waals surface area contributed by atoms with Crippen LogP contribution in [0.1, 0.15) is 45.4 Å². The van der Waals surface area contributed by atoms with E-state index in [0.29, 0.717) is 6.54 Å². The van der Waals surface area contributed by atoms with Gasteiger partial charge in [-0.25, -0.2) is 14.8 Å². The number of hydrogen-bond donors (Lipinski definition) is 1. The van der Waals surface area contributed by atoms with Crippen LogP contribution in [0.25, 0.3) is 16.6 Å². The molecular formula is C18H24N4O2. The van der Waals surface area contributed by atoms with Crippen molar-refractivity contribution in [2.24, 2.45) is 0 Å². The monoisotopic (exact) mass is 328 g/mol. The second-order valence-electron chi connectivity index (χ2n) is 7.27. The number of H-pyrrole nitrogens is 1. The van der Waals surface area contributed by atoms with E-state index < -0.39 is 5.60 Å². The molecule has 128 valence electrons. The summed E-state index contributed by atoms with van der Waals surface area (Å²) in [6.07, 6.45) is 6.11. The molecule has 1 atom stereocenters.